The second-order valence-corrected chi connectivity index (χ2v) is 6.95. The lowest BCUT2D eigenvalue weighted by atomic mass is 9.86. The van der Waals surface area contributed by atoms with Crippen LogP contribution in [0.15, 0.2) is 12.5 Å². The van der Waals surface area contributed by atoms with E-state index in [4.69, 9.17) is 0 Å². The van der Waals surface area contributed by atoms with Gasteiger partial charge in [0.25, 0.3) is 6.43 Å². The van der Waals surface area contributed by atoms with E-state index in [1.165, 1.54) is 11.0 Å². The number of anilines is 1. The zero-order valence-corrected chi connectivity index (χ0v) is 14.7. The molecule has 2 bridgehead atoms. The lowest BCUT2D eigenvalue weighted by molar-refractivity contribution is -0.00985. The van der Waals surface area contributed by atoms with Crippen molar-refractivity contribution in [1.29, 1.82) is 0 Å². The highest BCUT2D eigenvalue weighted by Gasteiger charge is 2.45. The zero-order chi connectivity index (χ0) is 18.4. The predicted octanol–water partition coefficient (Wildman–Crippen LogP) is 2.31. The maximum Gasteiger partial charge on any atom is 0.282 e. The van der Waals surface area contributed by atoms with Gasteiger partial charge in [0.15, 0.2) is 11.6 Å². The molecule has 0 aromatic carbocycles. The third-order valence-corrected chi connectivity index (χ3v) is 5.32. The standard InChI is InChI=1S/C17H21F3N6/c1-3-13-14(18)17(22-9-21-13)25-7-11-4-12(8-25)26(11)6-10-5-24(2)23-15(10)16(19)20/h5,9,11-12,16H,3-4,6-8H2,1-2H3. The quantitative estimate of drug-likeness (QED) is 0.813. The Labute approximate surface area is 149 Å². The number of rotatable bonds is 5. The molecule has 0 radical (unpaired) electrons. The van der Waals surface area contributed by atoms with Crippen LogP contribution < -0.4 is 4.90 Å². The fourth-order valence-electron chi connectivity index (χ4n) is 4.04. The molecule has 140 valence electrons. The third kappa shape index (κ3) is 2.84. The first-order chi connectivity index (χ1) is 12.5. The summed E-state index contributed by atoms with van der Waals surface area (Å²) in [6, 6.07) is 0.415. The molecule has 6 nitrogen and oxygen atoms in total. The SMILES string of the molecule is CCc1ncnc(N2CC3CC(C2)N3Cc2cn(C)nc2C(F)F)c1F. The topological polar surface area (TPSA) is 50.1 Å². The van der Waals surface area contributed by atoms with E-state index in [0.717, 1.165) is 6.42 Å². The van der Waals surface area contributed by atoms with Crippen LogP contribution in [-0.2, 0) is 20.0 Å². The van der Waals surface area contributed by atoms with Crippen LogP contribution in [0.3, 0.4) is 0 Å². The van der Waals surface area contributed by atoms with E-state index >= 15 is 0 Å². The van der Waals surface area contributed by atoms with E-state index < -0.39 is 6.43 Å². The molecule has 3 aliphatic rings. The Kier molecular flexibility index (Phi) is 4.34. The highest BCUT2D eigenvalue weighted by atomic mass is 19.3. The van der Waals surface area contributed by atoms with Crippen molar-refractivity contribution in [2.45, 2.75) is 44.8 Å². The molecule has 9 heteroatoms. The Hall–Kier alpha value is -2.16. The Morgan fingerprint density at radius 3 is 2.62 bits per heavy atom. The van der Waals surface area contributed by atoms with Gasteiger partial charge in [-0.1, -0.05) is 6.92 Å². The Morgan fingerprint density at radius 2 is 1.96 bits per heavy atom. The van der Waals surface area contributed by atoms with Crippen molar-refractivity contribution in [3.63, 3.8) is 0 Å². The van der Waals surface area contributed by atoms with Crippen molar-refractivity contribution in [3.05, 3.63) is 35.3 Å². The summed E-state index contributed by atoms with van der Waals surface area (Å²) in [5, 5.41) is 3.87. The van der Waals surface area contributed by atoms with E-state index in [1.54, 1.807) is 13.2 Å². The number of aromatic nitrogens is 4. The highest BCUT2D eigenvalue weighted by molar-refractivity contribution is 5.43. The highest BCUT2D eigenvalue weighted by Crippen LogP contribution is 2.37. The van der Waals surface area contributed by atoms with Gasteiger partial charge in [-0.15, -0.1) is 0 Å². The summed E-state index contributed by atoms with van der Waals surface area (Å²) in [6.45, 7) is 3.58. The molecule has 2 unspecified atom stereocenters. The molecule has 0 amide bonds. The van der Waals surface area contributed by atoms with Gasteiger partial charge in [-0.05, 0) is 12.8 Å². The minimum Gasteiger partial charge on any atom is -0.351 e. The number of hydrogen-bond acceptors (Lipinski definition) is 5. The van der Waals surface area contributed by atoms with Crippen molar-refractivity contribution in [1.82, 2.24) is 24.6 Å². The molecule has 3 saturated heterocycles. The molecule has 2 atom stereocenters. The van der Waals surface area contributed by atoms with Crippen molar-refractivity contribution in [2.75, 3.05) is 18.0 Å². The van der Waals surface area contributed by atoms with Gasteiger partial charge in [0.05, 0.1) is 5.69 Å². The average molecular weight is 366 g/mol. The van der Waals surface area contributed by atoms with Crippen LogP contribution in [0.1, 0.15) is 36.7 Å². The van der Waals surface area contributed by atoms with Crippen LogP contribution in [0.2, 0.25) is 0 Å². The first kappa shape index (κ1) is 17.3. The van der Waals surface area contributed by atoms with Gasteiger partial charge in [-0.25, -0.2) is 23.1 Å². The van der Waals surface area contributed by atoms with Gasteiger partial charge in [0.2, 0.25) is 0 Å². The van der Waals surface area contributed by atoms with Gasteiger partial charge < -0.3 is 4.90 Å². The van der Waals surface area contributed by atoms with Crippen LogP contribution in [0.5, 0.6) is 0 Å². The molecule has 0 spiro atoms. The summed E-state index contributed by atoms with van der Waals surface area (Å²) in [5.41, 5.74) is 0.832. The number of piperidine rings is 1. The van der Waals surface area contributed by atoms with Gasteiger partial charge in [-0.3, -0.25) is 9.58 Å². The normalized spacial score (nSPS) is 22.8. The lowest BCUT2D eigenvalue weighted by Crippen LogP contribution is -2.68. The first-order valence-corrected chi connectivity index (χ1v) is 8.78. The average Bonchev–Trinajstić information content (AvgIpc) is 3.01. The number of alkyl halides is 2. The number of fused-ring (bicyclic) bond motifs is 2. The summed E-state index contributed by atoms with van der Waals surface area (Å²) < 4.78 is 42.2. The first-order valence-electron chi connectivity index (χ1n) is 8.78. The zero-order valence-electron chi connectivity index (χ0n) is 14.7. The largest absolute Gasteiger partial charge is 0.351 e. The molecule has 2 aromatic rings. The molecule has 3 fully saturated rings. The van der Waals surface area contributed by atoms with E-state index in [1.807, 2.05) is 11.8 Å². The molecular formula is C17H21F3N6. The predicted molar refractivity (Wildman–Crippen MR) is 89.5 cm³/mol. The maximum absolute atomic E-state index is 14.5. The minimum absolute atomic E-state index is 0.149. The van der Waals surface area contributed by atoms with Crippen molar-refractivity contribution >= 4 is 5.82 Å². The monoisotopic (exact) mass is 366 g/mol. The third-order valence-electron chi connectivity index (χ3n) is 5.32. The molecule has 3 aliphatic heterocycles. The van der Waals surface area contributed by atoms with E-state index in [0.29, 0.717) is 43.1 Å². The van der Waals surface area contributed by atoms with Crippen LogP contribution in [0.4, 0.5) is 19.0 Å². The summed E-state index contributed by atoms with van der Waals surface area (Å²) in [4.78, 5) is 12.3. The second-order valence-electron chi connectivity index (χ2n) is 6.95. The molecule has 26 heavy (non-hydrogen) atoms. The lowest BCUT2D eigenvalue weighted by Gasteiger charge is -2.56. The Morgan fingerprint density at radius 1 is 1.23 bits per heavy atom. The van der Waals surface area contributed by atoms with Crippen molar-refractivity contribution < 1.29 is 13.2 Å². The van der Waals surface area contributed by atoms with Crippen LogP contribution in [-0.4, -0.2) is 49.8 Å². The van der Waals surface area contributed by atoms with Crippen molar-refractivity contribution in [3.8, 4) is 0 Å². The summed E-state index contributed by atoms with van der Waals surface area (Å²) in [7, 11) is 1.65. The Bertz CT molecular complexity index is 796. The van der Waals surface area contributed by atoms with Gasteiger partial charge in [0.1, 0.15) is 12.0 Å². The summed E-state index contributed by atoms with van der Waals surface area (Å²) >= 11 is 0. The molecule has 2 aromatic heterocycles. The molecule has 0 saturated carbocycles. The van der Waals surface area contributed by atoms with Crippen molar-refractivity contribution in [2.24, 2.45) is 7.05 Å². The minimum atomic E-state index is -2.58. The fraction of sp³-hybridized carbons (Fsp3) is 0.588. The number of hydrogen-bond donors (Lipinski definition) is 0. The number of nitrogens with zero attached hydrogens (tertiary/aromatic N) is 6. The molecule has 0 N–H and O–H groups in total. The summed E-state index contributed by atoms with van der Waals surface area (Å²) in [5.74, 6) is -0.00376. The van der Waals surface area contributed by atoms with Gasteiger partial charge in [0, 0.05) is 50.5 Å². The van der Waals surface area contributed by atoms with E-state index in [2.05, 4.69) is 20.0 Å². The molecule has 5 heterocycles. The molecule has 0 aliphatic carbocycles. The number of aryl methyl sites for hydroxylation is 2. The fourth-order valence-corrected chi connectivity index (χ4v) is 4.04. The van der Waals surface area contributed by atoms with Crippen LogP contribution >= 0.6 is 0 Å². The smallest absolute Gasteiger partial charge is 0.282 e. The van der Waals surface area contributed by atoms with Gasteiger partial charge in [-0.2, -0.15) is 5.10 Å². The van der Waals surface area contributed by atoms with Gasteiger partial charge >= 0.3 is 0 Å². The molecule has 5 rings (SSSR count). The maximum atomic E-state index is 14.5. The number of halogens is 3. The summed E-state index contributed by atoms with van der Waals surface area (Å²) in [6.07, 6.45) is 2.00. The van der Waals surface area contributed by atoms with E-state index in [9.17, 15) is 13.2 Å². The second kappa shape index (κ2) is 6.53. The van der Waals surface area contributed by atoms with E-state index in [-0.39, 0.29) is 23.6 Å². The Balaban J connectivity index is 1.48. The number of piperazine rings is 1. The van der Waals surface area contributed by atoms with Crippen LogP contribution in [0, 0.1) is 5.82 Å². The van der Waals surface area contributed by atoms with Crippen LogP contribution in [0.25, 0.3) is 0 Å². The molecular weight excluding hydrogens is 345 g/mol.